The third kappa shape index (κ3) is 6.44. The van der Waals surface area contributed by atoms with Crippen molar-refractivity contribution in [2.75, 3.05) is 19.0 Å². The Morgan fingerprint density at radius 1 is 1.02 bits per heavy atom. The molecule has 10 nitrogen and oxygen atoms in total. The number of aryl methyl sites for hydroxylation is 1. The fraction of sp³-hybridized carbons (Fsp3) is 0.278. The van der Waals surface area contributed by atoms with E-state index >= 15 is 0 Å². The molecule has 0 saturated carbocycles. The Bertz CT molecular complexity index is 2100. The van der Waals surface area contributed by atoms with Gasteiger partial charge in [-0.15, -0.1) is 11.3 Å². The van der Waals surface area contributed by atoms with Gasteiger partial charge in [0.2, 0.25) is 0 Å². The second-order valence-corrected chi connectivity index (χ2v) is 13.7. The molecule has 0 radical (unpaired) electrons. The number of amides is 1. The molecule has 11 heteroatoms. The predicted octanol–water partition coefficient (Wildman–Crippen LogP) is 8.24. The van der Waals surface area contributed by atoms with E-state index in [1.807, 2.05) is 93.2 Å². The zero-order valence-electron chi connectivity index (χ0n) is 27.0. The Morgan fingerprint density at radius 3 is 2.60 bits per heavy atom. The molecule has 0 aliphatic carbocycles. The number of nitrogens with one attached hydrogen (secondary N) is 1. The molecule has 3 aromatic carbocycles. The Labute approximate surface area is 276 Å². The van der Waals surface area contributed by atoms with Crippen LogP contribution in [-0.4, -0.2) is 50.0 Å². The van der Waals surface area contributed by atoms with E-state index in [-0.39, 0.29) is 6.09 Å². The zero-order chi connectivity index (χ0) is 32.7. The molecule has 1 aliphatic rings. The lowest BCUT2D eigenvalue weighted by atomic mass is 10.1. The molecule has 3 aromatic heterocycles. The fourth-order valence-electron chi connectivity index (χ4n) is 5.75. The molecule has 0 atom stereocenters. The first-order valence-electron chi connectivity index (χ1n) is 15.5. The van der Waals surface area contributed by atoms with Gasteiger partial charge in [-0.05, 0) is 93.3 Å². The highest BCUT2D eigenvalue weighted by atomic mass is 32.1. The molecule has 4 heterocycles. The molecule has 1 aliphatic heterocycles. The van der Waals surface area contributed by atoms with Crippen LogP contribution in [0.5, 0.6) is 17.2 Å². The van der Waals surface area contributed by atoms with Crippen molar-refractivity contribution in [1.82, 2.24) is 24.6 Å². The van der Waals surface area contributed by atoms with Crippen molar-refractivity contribution in [3.05, 3.63) is 94.8 Å². The lowest BCUT2D eigenvalue weighted by Crippen LogP contribution is -2.39. The maximum atomic E-state index is 12.7. The van der Waals surface area contributed by atoms with Crippen molar-refractivity contribution in [2.24, 2.45) is 0 Å². The number of anilines is 2. The molecule has 0 spiro atoms. The summed E-state index contributed by atoms with van der Waals surface area (Å²) >= 11 is 1.60. The summed E-state index contributed by atoms with van der Waals surface area (Å²) in [5, 5.41) is 10.2. The number of thiophene rings is 1. The van der Waals surface area contributed by atoms with Gasteiger partial charge in [0.15, 0.2) is 0 Å². The zero-order valence-corrected chi connectivity index (χ0v) is 27.9. The van der Waals surface area contributed by atoms with E-state index in [1.165, 1.54) is 5.56 Å². The van der Waals surface area contributed by atoms with Gasteiger partial charge in [0, 0.05) is 28.6 Å². The van der Waals surface area contributed by atoms with E-state index in [2.05, 4.69) is 26.4 Å². The van der Waals surface area contributed by atoms with Crippen LogP contribution in [-0.2, 0) is 24.2 Å². The minimum absolute atomic E-state index is 0.290. The monoisotopic (exact) mass is 648 g/mol. The SMILES string of the molecule is COc1ccc(Cn2ncc3ccc(Oc4ccc(Nc5ncnc6sc7c(c56)CCN(C(=O)OC(C)(C)C)C7)cc4C)cc32)cc1. The number of aromatic nitrogens is 4. The smallest absolute Gasteiger partial charge is 0.410 e. The third-order valence-electron chi connectivity index (χ3n) is 8.06. The van der Waals surface area contributed by atoms with Crippen LogP contribution in [0.4, 0.5) is 16.3 Å². The molecule has 240 valence electrons. The highest BCUT2D eigenvalue weighted by molar-refractivity contribution is 7.19. The van der Waals surface area contributed by atoms with Crippen molar-refractivity contribution < 1.29 is 19.0 Å². The highest BCUT2D eigenvalue weighted by Crippen LogP contribution is 2.39. The van der Waals surface area contributed by atoms with Crippen LogP contribution < -0.4 is 14.8 Å². The molecule has 0 unspecified atom stereocenters. The summed E-state index contributed by atoms with van der Waals surface area (Å²) in [5.41, 5.74) is 4.66. The van der Waals surface area contributed by atoms with Crippen LogP contribution >= 0.6 is 11.3 Å². The maximum Gasteiger partial charge on any atom is 0.410 e. The molecule has 0 saturated heterocycles. The highest BCUT2D eigenvalue weighted by Gasteiger charge is 2.29. The van der Waals surface area contributed by atoms with Crippen molar-refractivity contribution in [3.63, 3.8) is 0 Å². The average Bonchev–Trinajstić information content (AvgIpc) is 3.63. The van der Waals surface area contributed by atoms with Gasteiger partial charge >= 0.3 is 6.09 Å². The number of hydrogen-bond donors (Lipinski definition) is 1. The Kier molecular flexibility index (Phi) is 7.93. The van der Waals surface area contributed by atoms with E-state index in [4.69, 9.17) is 14.2 Å². The normalized spacial score (nSPS) is 13.1. The van der Waals surface area contributed by atoms with Crippen LogP contribution in [0, 0.1) is 6.92 Å². The first-order chi connectivity index (χ1) is 22.6. The van der Waals surface area contributed by atoms with E-state index in [9.17, 15) is 4.79 Å². The second-order valence-electron chi connectivity index (χ2n) is 12.6. The largest absolute Gasteiger partial charge is 0.497 e. The van der Waals surface area contributed by atoms with Crippen molar-refractivity contribution in [3.8, 4) is 17.2 Å². The second kappa shape index (κ2) is 12.2. The van der Waals surface area contributed by atoms with Gasteiger partial charge in [-0.25, -0.2) is 14.8 Å². The van der Waals surface area contributed by atoms with Crippen molar-refractivity contribution in [1.29, 1.82) is 0 Å². The summed E-state index contributed by atoms with van der Waals surface area (Å²) in [6.07, 6.45) is 3.88. The number of hydrogen-bond acceptors (Lipinski definition) is 9. The van der Waals surface area contributed by atoms with E-state index in [0.717, 1.165) is 65.9 Å². The standard InChI is InChI=1S/C36H36N6O4S/c1-22-16-25(40-33-32-28-14-15-41(35(43)46-36(2,3)4)20-31(28)47-34(32)38-21-37-33)9-13-30(22)45-27-12-8-24-18-39-42(29(24)17-27)19-23-6-10-26(44-5)11-7-23/h6-13,16-18,21H,14-15,19-20H2,1-5H3,(H,37,38,40). The average molecular weight is 649 g/mol. The summed E-state index contributed by atoms with van der Waals surface area (Å²) in [6, 6.07) is 20.0. The van der Waals surface area contributed by atoms with Gasteiger partial charge in [-0.3, -0.25) is 4.68 Å². The quantitative estimate of drug-likeness (QED) is 0.185. The first kappa shape index (κ1) is 30.5. The molecule has 1 amide bonds. The summed E-state index contributed by atoms with van der Waals surface area (Å²) in [5.74, 6) is 3.08. The van der Waals surface area contributed by atoms with Crippen molar-refractivity contribution in [2.45, 2.75) is 52.8 Å². The Balaban J connectivity index is 1.08. The summed E-state index contributed by atoms with van der Waals surface area (Å²) in [7, 11) is 1.67. The number of methoxy groups -OCH3 is 1. The minimum atomic E-state index is -0.533. The predicted molar refractivity (Wildman–Crippen MR) is 184 cm³/mol. The van der Waals surface area contributed by atoms with E-state index in [1.54, 1.807) is 29.7 Å². The number of ether oxygens (including phenoxy) is 3. The molecule has 0 bridgehead atoms. The van der Waals surface area contributed by atoms with Crippen molar-refractivity contribution >= 4 is 50.1 Å². The minimum Gasteiger partial charge on any atom is -0.497 e. The first-order valence-corrected chi connectivity index (χ1v) is 16.3. The maximum absolute atomic E-state index is 12.7. The van der Waals surface area contributed by atoms with Gasteiger partial charge in [-0.2, -0.15) is 5.10 Å². The molecule has 0 fully saturated rings. The molecule has 47 heavy (non-hydrogen) atoms. The van der Waals surface area contributed by atoms with Gasteiger partial charge in [-0.1, -0.05) is 12.1 Å². The summed E-state index contributed by atoms with van der Waals surface area (Å²) in [6.45, 7) is 9.41. The molecule has 6 aromatic rings. The Morgan fingerprint density at radius 2 is 1.83 bits per heavy atom. The topological polar surface area (TPSA) is 104 Å². The van der Waals surface area contributed by atoms with Gasteiger partial charge in [0.25, 0.3) is 0 Å². The molecular weight excluding hydrogens is 613 g/mol. The molecule has 7 rings (SSSR count). The van der Waals surface area contributed by atoms with Crippen LogP contribution in [0.15, 0.2) is 73.2 Å². The van der Waals surface area contributed by atoms with Gasteiger partial charge in [0.05, 0.1) is 37.3 Å². The van der Waals surface area contributed by atoms with Gasteiger partial charge in [0.1, 0.15) is 39.8 Å². The summed E-state index contributed by atoms with van der Waals surface area (Å²) in [4.78, 5) is 25.7. The number of benzene rings is 3. The van der Waals surface area contributed by atoms with Crippen LogP contribution in [0.3, 0.4) is 0 Å². The molecule has 1 N–H and O–H groups in total. The number of fused-ring (bicyclic) bond motifs is 4. The third-order valence-corrected chi connectivity index (χ3v) is 9.19. The number of rotatable bonds is 7. The lowest BCUT2D eigenvalue weighted by molar-refractivity contribution is 0.0227. The number of nitrogens with zero attached hydrogens (tertiary/aromatic N) is 5. The molecular formula is C36H36N6O4S. The van der Waals surface area contributed by atoms with E-state index < -0.39 is 5.60 Å². The number of carbonyl (C=O) groups is 1. The number of carbonyl (C=O) groups excluding carboxylic acids is 1. The fourth-order valence-corrected chi connectivity index (χ4v) is 6.96. The van der Waals surface area contributed by atoms with Crippen LogP contribution in [0.1, 0.15) is 42.3 Å². The summed E-state index contributed by atoms with van der Waals surface area (Å²) < 4.78 is 19.2. The Hall–Kier alpha value is -5.16. The lowest BCUT2D eigenvalue weighted by Gasteiger charge is -2.30. The van der Waals surface area contributed by atoms with Crippen LogP contribution in [0.25, 0.3) is 21.1 Å². The van der Waals surface area contributed by atoms with Crippen LogP contribution in [0.2, 0.25) is 0 Å². The van der Waals surface area contributed by atoms with Gasteiger partial charge < -0.3 is 24.4 Å². The van der Waals surface area contributed by atoms with E-state index in [0.29, 0.717) is 26.1 Å².